The molecule has 0 bridgehead atoms. The van der Waals surface area contributed by atoms with Crippen LogP contribution < -0.4 is 21.3 Å². The summed E-state index contributed by atoms with van der Waals surface area (Å²) in [6.45, 7) is 8.01. The second-order valence-corrected chi connectivity index (χ2v) is 12.1. The fraction of sp³-hybridized carbons (Fsp3) is 0.633. The maximum atomic E-state index is 13.3. The first-order valence-corrected chi connectivity index (χ1v) is 15.2. The Labute approximate surface area is 253 Å². The van der Waals surface area contributed by atoms with E-state index in [1.165, 1.54) is 5.56 Å². The summed E-state index contributed by atoms with van der Waals surface area (Å²) >= 11 is 4.28. The number of carbonyl (C=O) groups excluding carboxylic acids is 4. The maximum absolute atomic E-state index is 13.3. The van der Waals surface area contributed by atoms with Crippen molar-refractivity contribution in [3.05, 3.63) is 35.9 Å². The minimum absolute atomic E-state index is 0.00453. The summed E-state index contributed by atoms with van der Waals surface area (Å²) in [4.78, 5) is 63.0. The summed E-state index contributed by atoms with van der Waals surface area (Å²) < 4.78 is 5.08. The Bertz CT molecular complexity index is 1060. The summed E-state index contributed by atoms with van der Waals surface area (Å²) in [5.41, 5.74) is 1.03. The van der Waals surface area contributed by atoms with Gasteiger partial charge in [0.05, 0.1) is 6.61 Å². The quantitative estimate of drug-likeness (QED) is 0.149. The number of nitrogens with one attached hydrogen (secondary N) is 4. The van der Waals surface area contributed by atoms with Gasteiger partial charge in [-0.1, -0.05) is 64.4 Å². The largest absolute Gasteiger partial charge is 0.481 e. The molecule has 1 aliphatic carbocycles. The van der Waals surface area contributed by atoms with Crippen molar-refractivity contribution in [2.45, 2.75) is 89.8 Å². The minimum atomic E-state index is -1.23. The summed E-state index contributed by atoms with van der Waals surface area (Å²) in [6, 6.07) is 6.83. The van der Waals surface area contributed by atoms with Crippen molar-refractivity contribution in [3.63, 3.8) is 0 Å². The van der Waals surface area contributed by atoms with Crippen LogP contribution in [0.4, 0.5) is 4.79 Å². The van der Waals surface area contributed by atoms with Crippen LogP contribution in [-0.4, -0.2) is 71.9 Å². The van der Waals surface area contributed by atoms with Gasteiger partial charge in [-0.2, -0.15) is 12.6 Å². The topological polar surface area (TPSA) is 163 Å². The predicted octanol–water partition coefficient (Wildman–Crippen LogP) is 2.79. The normalized spacial score (nSPS) is 16.0. The van der Waals surface area contributed by atoms with Crippen molar-refractivity contribution in [1.82, 2.24) is 21.3 Å². The van der Waals surface area contributed by atoms with Gasteiger partial charge in [0.1, 0.15) is 18.1 Å². The SMILES string of the molecule is CC(C)COC(=O)N[C@@H](CCC(=O)O)C(=O)N[C@@H](CC(C)C)C(=O)N[C@@H](CS)C(=O)NCC1(c2ccccc2)CCC1. The van der Waals surface area contributed by atoms with E-state index in [0.717, 1.165) is 19.3 Å². The Hall–Kier alpha value is -3.28. The zero-order valence-electron chi connectivity index (χ0n) is 25.0. The van der Waals surface area contributed by atoms with Gasteiger partial charge in [0, 0.05) is 24.1 Å². The van der Waals surface area contributed by atoms with Crippen LogP contribution in [0.1, 0.15) is 71.8 Å². The van der Waals surface area contributed by atoms with Crippen molar-refractivity contribution >= 4 is 42.4 Å². The lowest BCUT2D eigenvalue weighted by atomic mass is 9.64. The molecule has 0 spiro atoms. The standard InChI is InChI=1S/C30H46N4O7S/c1-19(2)15-23(32-27(38)22(11-12-25(35)36)34-29(40)41-16-20(3)4)28(39)33-24(17-42)26(37)31-18-30(13-8-14-30)21-9-6-5-7-10-21/h5-7,9-10,19-20,22-24,42H,8,11-18H2,1-4H3,(H,31,37)(H,32,38)(H,33,39)(H,34,40)(H,35,36)/t22-,23-,24-/m0/s1. The van der Waals surface area contributed by atoms with Crippen LogP contribution in [-0.2, 0) is 29.3 Å². The molecular weight excluding hydrogens is 560 g/mol. The lowest BCUT2D eigenvalue weighted by Crippen LogP contribution is -2.58. The van der Waals surface area contributed by atoms with Crippen LogP contribution in [0.2, 0.25) is 0 Å². The van der Waals surface area contributed by atoms with Gasteiger partial charge in [0.25, 0.3) is 0 Å². The third-order valence-corrected chi connectivity index (χ3v) is 7.62. The molecule has 0 aromatic heterocycles. The smallest absolute Gasteiger partial charge is 0.407 e. The van der Waals surface area contributed by atoms with E-state index in [-0.39, 0.29) is 54.8 Å². The number of benzene rings is 1. The van der Waals surface area contributed by atoms with Gasteiger partial charge in [-0.05, 0) is 43.1 Å². The van der Waals surface area contributed by atoms with E-state index in [1.807, 2.05) is 45.9 Å². The number of hydrogen-bond donors (Lipinski definition) is 6. The summed E-state index contributed by atoms with van der Waals surface area (Å²) in [5, 5.41) is 19.8. The first kappa shape index (κ1) is 34.9. The van der Waals surface area contributed by atoms with Gasteiger partial charge in [-0.15, -0.1) is 0 Å². The molecule has 3 atom stereocenters. The molecule has 1 saturated carbocycles. The average molecular weight is 607 g/mol. The second-order valence-electron chi connectivity index (χ2n) is 11.8. The highest BCUT2D eigenvalue weighted by Gasteiger charge is 2.39. The van der Waals surface area contributed by atoms with Gasteiger partial charge < -0.3 is 31.1 Å². The number of rotatable bonds is 17. The van der Waals surface area contributed by atoms with Crippen molar-refractivity contribution in [1.29, 1.82) is 0 Å². The third kappa shape index (κ3) is 11.2. The molecule has 0 unspecified atom stereocenters. The fourth-order valence-corrected chi connectivity index (χ4v) is 5.00. The van der Waals surface area contributed by atoms with Crippen LogP contribution in [0.5, 0.6) is 0 Å². The van der Waals surface area contributed by atoms with E-state index >= 15 is 0 Å². The van der Waals surface area contributed by atoms with E-state index in [4.69, 9.17) is 9.84 Å². The molecule has 12 heteroatoms. The molecule has 2 rings (SSSR count). The van der Waals surface area contributed by atoms with Crippen LogP contribution in [0.15, 0.2) is 30.3 Å². The highest BCUT2D eigenvalue weighted by Crippen LogP contribution is 2.43. The zero-order valence-corrected chi connectivity index (χ0v) is 25.9. The monoisotopic (exact) mass is 606 g/mol. The molecule has 234 valence electrons. The lowest BCUT2D eigenvalue weighted by molar-refractivity contribution is -0.137. The van der Waals surface area contributed by atoms with Gasteiger partial charge in [0.15, 0.2) is 0 Å². The first-order valence-electron chi connectivity index (χ1n) is 14.6. The van der Waals surface area contributed by atoms with Gasteiger partial charge in [-0.3, -0.25) is 19.2 Å². The molecule has 1 aromatic rings. The van der Waals surface area contributed by atoms with Gasteiger partial charge >= 0.3 is 12.1 Å². The number of alkyl carbamates (subject to hydrolysis) is 1. The number of thiol groups is 1. The van der Waals surface area contributed by atoms with E-state index in [2.05, 4.69) is 46.0 Å². The third-order valence-electron chi connectivity index (χ3n) is 7.26. The number of amides is 4. The summed E-state index contributed by atoms with van der Waals surface area (Å²) in [6.07, 6.45) is 1.81. The van der Waals surface area contributed by atoms with Gasteiger partial charge in [-0.25, -0.2) is 4.79 Å². The number of hydrogen-bond acceptors (Lipinski definition) is 7. The van der Waals surface area contributed by atoms with Crippen LogP contribution in [0, 0.1) is 11.8 Å². The number of aliphatic carboxylic acids is 1. The van der Waals surface area contributed by atoms with Crippen molar-refractivity contribution in [2.24, 2.45) is 11.8 Å². The first-order chi connectivity index (χ1) is 19.9. The molecule has 1 aliphatic rings. The molecule has 42 heavy (non-hydrogen) atoms. The number of ether oxygens (including phenoxy) is 1. The van der Waals surface area contributed by atoms with Crippen LogP contribution in [0.3, 0.4) is 0 Å². The predicted molar refractivity (Wildman–Crippen MR) is 162 cm³/mol. The Balaban J connectivity index is 2.06. The lowest BCUT2D eigenvalue weighted by Gasteiger charge is -2.43. The Morgan fingerprint density at radius 3 is 2.02 bits per heavy atom. The molecule has 11 nitrogen and oxygen atoms in total. The van der Waals surface area contributed by atoms with Crippen LogP contribution in [0.25, 0.3) is 0 Å². The van der Waals surface area contributed by atoms with Crippen LogP contribution >= 0.6 is 12.6 Å². The van der Waals surface area contributed by atoms with E-state index in [0.29, 0.717) is 6.54 Å². The zero-order chi connectivity index (χ0) is 31.3. The number of carboxylic acid groups (broad SMARTS) is 1. The summed E-state index contributed by atoms with van der Waals surface area (Å²) in [5.74, 6) is -2.70. The molecule has 1 aromatic carbocycles. The highest BCUT2D eigenvalue weighted by molar-refractivity contribution is 7.80. The molecule has 4 amide bonds. The molecule has 0 aliphatic heterocycles. The maximum Gasteiger partial charge on any atom is 0.407 e. The van der Waals surface area contributed by atoms with Crippen molar-refractivity contribution < 1.29 is 33.8 Å². The molecule has 1 fully saturated rings. The molecule has 0 saturated heterocycles. The molecule has 0 heterocycles. The Kier molecular flexibility index (Phi) is 14.1. The number of carbonyl (C=O) groups is 5. The average Bonchev–Trinajstić information content (AvgIpc) is 2.91. The van der Waals surface area contributed by atoms with Gasteiger partial charge in [0.2, 0.25) is 17.7 Å². The molecule has 0 radical (unpaired) electrons. The van der Waals surface area contributed by atoms with E-state index < -0.39 is 42.0 Å². The second kappa shape index (κ2) is 17.0. The fourth-order valence-electron chi connectivity index (χ4n) is 4.75. The Morgan fingerprint density at radius 2 is 1.50 bits per heavy atom. The van der Waals surface area contributed by atoms with E-state index in [1.54, 1.807) is 0 Å². The van der Waals surface area contributed by atoms with Crippen molar-refractivity contribution in [3.8, 4) is 0 Å². The minimum Gasteiger partial charge on any atom is -0.481 e. The molecular formula is C30H46N4O7S. The highest BCUT2D eigenvalue weighted by atomic mass is 32.1. The molecule has 5 N–H and O–H groups in total. The summed E-state index contributed by atoms with van der Waals surface area (Å²) in [7, 11) is 0. The van der Waals surface area contributed by atoms with Crippen molar-refractivity contribution in [2.75, 3.05) is 18.9 Å². The van der Waals surface area contributed by atoms with E-state index in [9.17, 15) is 24.0 Å². The Morgan fingerprint density at radius 1 is 0.881 bits per heavy atom. The number of carboxylic acids is 1.